The van der Waals surface area contributed by atoms with Gasteiger partial charge in [-0.1, -0.05) is 256 Å². The fourth-order valence-electron chi connectivity index (χ4n) is 8.08. The monoisotopic (exact) mass is 911 g/mol. The van der Waals surface area contributed by atoms with E-state index in [4.69, 9.17) is 14.2 Å². The number of esters is 3. The minimum absolute atomic E-state index is 0.0891. The molecule has 0 aliphatic carbocycles. The first-order valence-electron chi connectivity index (χ1n) is 28.2. The molecule has 378 valence electrons. The van der Waals surface area contributed by atoms with Gasteiger partial charge in [-0.05, 0) is 64.2 Å². The number of hydrogen-bond donors (Lipinski definition) is 0. The number of ether oxygens (including phenoxy) is 3. The van der Waals surface area contributed by atoms with Gasteiger partial charge < -0.3 is 14.2 Å². The summed E-state index contributed by atoms with van der Waals surface area (Å²) in [6.07, 6.45) is 65.4. The van der Waals surface area contributed by atoms with E-state index in [0.717, 1.165) is 51.4 Å². The highest BCUT2D eigenvalue weighted by molar-refractivity contribution is 5.71. The summed E-state index contributed by atoms with van der Waals surface area (Å²) in [5.74, 6) is -0.950. The summed E-state index contributed by atoms with van der Waals surface area (Å²) in [6.45, 7) is 6.58. The number of carbonyl (C=O) groups excluding carboxylic acids is 3. The lowest BCUT2D eigenvalue weighted by atomic mass is 10.0. The van der Waals surface area contributed by atoms with E-state index in [9.17, 15) is 14.4 Å². The summed E-state index contributed by atoms with van der Waals surface area (Å²) in [4.78, 5) is 38.0. The molecule has 0 fully saturated rings. The van der Waals surface area contributed by atoms with Gasteiger partial charge in [0.05, 0.1) is 0 Å². The first-order valence-corrected chi connectivity index (χ1v) is 28.2. The Balaban J connectivity index is 4.38. The van der Waals surface area contributed by atoms with Gasteiger partial charge in [-0.2, -0.15) is 0 Å². The van der Waals surface area contributed by atoms with Gasteiger partial charge in [0.25, 0.3) is 0 Å². The lowest BCUT2D eigenvalue weighted by Gasteiger charge is -2.18. The summed E-state index contributed by atoms with van der Waals surface area (Å²) in [5.41, 5.74) is 0. The molecule has 6 nitrogen and oxygen atoms in total. The van der Waals surface area contributed by atoms with Crippen molar-refractivity contribution in [1.29, 1.82) is 0 Å². The molecule has 0 aliphatic heterocycles. The molecular formula is C59H106O6. The maximum absolute atomic E-state index is 12.8. The van der Waals surface area contributed by atoms with Crippen LogP contribution in [0.15, 0.2) is 48.6 Å². The SMILES string of the molecule is CCCCC/C=C/C=C/CCCCCCCCCCCCC(=O)OCC(COC(=O)CC/C=C/C/C=C/CCCCCCCC)OC(=O)CCCCCCCCCCCCCCCCC. The summed E-state index contributed by atoms with van der Waals surface area (Å²) in [5, 5.41) is 0. The minimum atomic E-state index is -0.794. The van der Waals surface area contributed by atoms with E-state index in [-0.39, 0.29) is 37.5 Å². The zero-order valence-electron chi connectivity index (χ0n) is 43.3. The van der Waals surface area contributed by atoms with Gasteiger partial charge in [0.15, 0.2) is 6.10 Å². The largest absolute Gasteiger partial charge is 0.462 e. The Kier molecular flexibility index (Phi) is 51.8. The Morgan fingerprint density at radius 3 is 1.06 bits per heavy atom. The number of rotatable bonds is 51. The van der Waals surface area contributed by atoms with Crippen LogP contribution in [0.4, 0.5) is 0 Å². The lowest BCUT2D eigenvalue weighted by molar-refractivity contribution is -0.166. The molecule has 0 heterocycles. The molecule has 65 heavy (non-hydrogen) atoms. The topological polar surface area (TPSA) is 78.9 Å². The summed E-state index contributed by atoms with van der Waals surface area (Å²) in [7, 11) is 0. The molecule has 0 N–H and O–H groups in total. The van der Waals surface area contributed by atoms with E-state index in [2.05, 4.69) is 63.3 Å². The van der Waals surface area contributed by atoms with Crippen molar-refractivity contribution in [3.8, 4) is 0 Å². The van der Waals surface area contributed by atoms with Gasteiger partial charge in [0.2, 0.25) is 0 Å². The van der Waals surface area contributed by atoms with Gasteiger partial charge in [-0.3, -0.25) is 14.4 Å². The van der Waals surface area contributed by atoms with Crippen molar-refractivity contribution in [2.45, 2.75) is 297 Å². The van der Waals surface area contributed by atoms with Crippen molar-refractivity contribution >= 4 is 17.9 Å². The second kappa shape index (κ2) is 54.0. The Hall–Kier alpha value is -2.63. The molecule has 0 saturated carbocycles. The Bertz CT molecular complexity index is 1140. The van der Waals surface area contributed by atoms with E-state index < -0.39 is 6.10 Å². The van der Waals surface area contributed by atoms with Crippen LogP contribution in [0.2, 0.25) is 0 Å². The van der Waals surface area contributed by atoms with E-state index in [1.54, 1.807) is 0 Å². The molecule has 1 atom stereocenters. The zero-order chi connectivity index (χ0) is 47.2. The van der Waals surface area contributed by atoms with E-state index in [1.165, 1.54) is 193 Å². The molecule has 1 unspecified atom stereocenters. The van der Waals surface area contributed by atoms with Crippen LogP contribution in [0.3, 0.4) is 0 Å². The van der Waals surface area contributed by atoms with Crippen LogP contribution in [0, 0.1) is 0 Å². The molecule has 0 radical (unpaired) electrons. The summed E-state index contributed by atoms with van der Waals surface area (Å²) < 4.78 is 16.8. The molecule has 0 aliphatic rings. The summed E-state index contributed by atoms with van der Waals surface area (Å²) >= 11 is 0. The highest BCUT2D eigenvalue weighted by atomic mass is 16.6. The zero-order valence-corrected chi connectivity index (χ0v) is 43.3. The van der Waals surface area contributed by atoms with Gasteiger partial charge in [-0.15, -0.1) is 0 Å². The molecule has 0 saturated heterocycles. The Morgan fingerprint density at radius 2 is 0.631 bits per heavy atom. The van der Waals surface area contributed by atoms with Crippen LogP contribution in [0.5, 0.6) is 0 Å². The van der Waals surface area contributed by atoms with Gasteiger partial charge in [0.1, 0.15) is 13.2 Å². The standard InChI is InChI=1S/C59H106O6/c1-4-7-10-13-16-19-22-25-27-28-29-30-32-34-37-40-43-46-49-52-58(61)64-55-56(54-63-57(60)51-48-45-42-39-36-33-24-21-18-15-12-9-6-3)65-59(62)53-50-47-44-41-38-35-31-26-23-20-17-14-11-8-5-2/h16,19,22,25,33,36,42,45,56H,4-15,17-18,20-21,23-24,26-32,34-35,37-41,43-44,46-55H2,1-3H3/b19-16+,25-22+,36-33+,45-42+. The molecule has 0 aromatic heterocycles. The van der Waals surface area contributed by atoms with Crippen molar-refractivity contribution < 1.29 is 28.6 Å². The van der Waals surface area contributed by atoms with Crippen LogP contribution in [0.1, 0.15) is 290 Å². The average molecular weight is 911 g/mol. The van der Waals surface area contributed by atoms with Crippen LogP contribution in [-0.2, 0) is 28.6 Å². The fourth-order valence-corrected chi connectivity index (χ4v) is 8.08. The van der Waals surface area contributed by atoms with Crippen LogP contribution in [-0.4, -0.2) is 37.2 Å². The molecule has 0 bridgehead atoms. The quantitative estimate of drug-likeness (QED) is 0.0199. The smallest absolute Gasteiger partial charge is 0.306 e. The van der Waals surface area contributed by atoms with Crippen molar-refractivity contribution in [2.75, 3.05) is 13.2 Å². The van der Waals surface area contributed by atoms with Crippen molar-refractivity contribution in [3.63, 3.8) is 0 Å². The van der Waals surface area contributed by atoms with Gasteiger partial charge >= 0.3 is 17.9 Å². The maximum atomic E-state index is 12.8. The summed E-state index contributed by atoms with van der Waals surface area (Å²) in [6, 6.07) is 0. The first kappa shape index (κ1) is 62.4. The number of allylic oxidation sites excluding steroid dienone is 8. The second-order valence-electron chi connectivity index (χ2n) is 18.9. The highest BCUT2D eigenvalue weighted by Gasteiger charge is 2.19. The third-order valence-corrected chi connectivity index (χ3v) is 12.3. The molecule has 0 spiro atoms. The first-order chi connectivity index (χ1) is 32.0. The third kappa shape index (κ3) is 52.2. The molecular weight excluding hydrogens is 805 g/mol. The van der Waals surface area contributed by atoms with Crippen LogP contribution in [0.25, 0.3) is 0 Å². The van der Waals surface area contributed by atoms with E-state index in [0.29, 0.717) is 19.3 Å². The molecule has 0 amide bonds. The van der Waals surface area contributed by atoms with Crippen LogP contribution >= 0.6 is 0 Å². The fraction of sp³-hybridized carbons (Fsp3) is 0.814. The lowest BCUT2D eigenvalue weighted by Crippen LogP contribution is -2.30. The van der Waals surface area contributed by atoms with Crippen molar-refractivity contribution in [1.82, 2.24) is 0 Å². The van der Waals surface area contributed by atoms with Crippen molar-refractivity contribution in [2.24, 2.45) is 0 Å². The average Bonchev–Trinajstić information content (AvgIpc) is 3.30. The Morgan fingerprint density at radius 1 is 0.323 bits per heavy atom. The van der Waals surface area contributed by atoms with Crippen LogP contribution < -0.4 is 0 Å². The second-order valence-corrected chi connectivity index (χ2v) is 18.9. The molecule has 0 aromatic carbocycles. The predicted octanol–water partition coefficient (Wildman–Crippen LogP) is 18.7. The Labute approximate surface area is 403 Å². The number of carbonyl (C=O) groups is 3. The number of unbranched alkanes of at least 4 members (excludes halogenated alkanes) is 33. The van der Waals surface area contributed by atoms with Crippen molar-refractivity contribution in [3.05, 3.63) is 48.6 Å². The third-order valence-electron chi connectivity index (χ3n) is 12.3. The van der Waals surface area contributed by atoms with E-state index >= 15 is 0 Å². The van der Waals surface area contributed by atoms with Gasteiger partial charge in [-0.25, -0.2) is 0 Å². The molecule has 6 heteroatoms. The van der Waals surface area contributed by atoms with E-state index in [1.807, 2.05) is 6.08 Å². The highest BCUT2D eigenvalue weighted by Crippen LogP contribution is 2.16. The number of hydrogen-bond acceptors (Lipinski definition) is 6. The minimum Gasteiger partial charge on any atom is -0.462 e. The van der Waals surface area contributed by atoms with Gasteiger partial charge in [0, 0.05) is 19.3 Å². The predicted molar refractivity (Wildman–Crippen MR) is 279 cm³/mol. The molecule has 0 rings (SSSR count). The normalized spacial score (nSPS) is 12.4. The molecule has 0 aromatic rings. The maximum Gasteiger partial charge on any atom is 0.306 e.